The Kier molecular flexibility index (Phi) is 4.63. The van der Waals surface area contributed by atoms with E-state index in [-0.39, 0.29) is 22.8 Å². The number of anilines is 1. The maximum absolute atomic E-state index is 13.2. The zero-order chi connectivity index (χ0) is 19.9. The average Bonchev–Trinajstić information content (AvgIpc) is 3.00. The third-order valence-corrected chi connectivity index (χ3v) is 6.00. The lowest BCUT2D eigenvalue weighted by Crippen LogP contribution is -2.46. The number of fused-ring (bicyclic) bond motifs is 2. The average molecular weight is 378 g/mol. The lowest BCUT2D eigenvalue weighted by Gasteiger charge is -2.40. The number of nitrogens with zero attached hydrogens (tertiary/aromatic N) is 2. The van der Waals surface area contributed by atoms with Gasteiger partial charge in [0.25, 0.3) is 5.91 Å². The molecule has 1 saturated heterocycles. The first kappa shape index (κ1) is 18.6. The zero-order valence-electron chi connectivity index (χ0n) is 16.2. The summed E-state index contributed by atoms with van der Waals surface area (Å²) in [4.78, 5) is 17.5. The zero-order valence-corrected chi connectivity index (χ0v) is 16.2. The van der Waals surface area contributed by atoms with Crippen molar-refractivity contribution in [2.24, 2.45) is 0 Å². The molecule has 146 valence electrons. The fourth-order valence-corrected chi connectivity index (χ4v) is 4.57. The summed E-state index contributed by atoms with van der Waals surface area (Å²) in [5.41, 5.74) is 3.71. The molecule has 0 radical (unpaired) electrons. The normalized spacial score (nSPS) is 18.2. The summed E-state index contributed by atoms with van der Waals surface area (Å²) in [6.45, 7) is 9.63. The van der Waals surface area contributed by atoms with E-state index in [2.05, 4.69) is 24.5 Å². The maximum Gasteiger partial charge on any atom is 0.258 e. The standard InChI is InChI=1S/C23H26N2O3/c1-16(2)14-24-11-9-23(10-12-24)15-25(19-6-4-3-5-18(19)23)22(28)17-7-8-20(26)21(27)13-17/h3-8,13,26-27H,1,9-12,14-15H2,2H3. The monoisotopic (exact) mass is 378 g/mol. The molecule has 1 fully saturated rings. The number of hydrogen-bond acceptors (Lipinski definition) is 4. The fourth-order valence-electron chi connectivity index (χ4n) is 4.57. The van der Waals surface area contributed by atoms with Crippen molar-refractivity contribution < 1.29 is 15.0 Å². The number of piperidine rings is 1. The second-order valence-electron chi connectivity index (χ2n) is 8.13. The number of phenols is 2. The number of carbonyl (C=O) groups is 1. The molecular formula is C23H26N2O3. The summed E-state index contributed by atoms with van der Waals surface area (Å²) >= 11 is 0. The largest absolute Gasteiger partial charge is 0.504 e. The molecule has 2 heterocycles. The highest BCUT2D eigenvalue weighted by molar-refractivity contribution is 6.08. The predicted molar refractivity (Wildman–Crippen MR) is 110 cm³/mol. The number of amides is 1. The molecule has 0 aromatic heterocycles. The summed E-state index contributed by atoms with van der Waals surface area (Å²) < 4.78 is 0. The van der Waals surface area contributed by atoms with Crippen LogP contribution < -0.4 is 4.90 Å². The smallest absolute Gasteiger partial charge is 0.258 e. The molecule has 2 aliphatic heterocycles. The molecule has 2 N–H and O–H groups in total. The molecule has 28 heavy (non-hydrogen) atoms. The highest BCUT2D eigenvalue weighted by atomic mass is 16.3. The summed E-state index contributed by atoms with van der Waals surface area (Å²) in [6.07, 6.45) is 2.00. The Balaban J connectivity index is 1.62. The van der Waals surface area contributed by atoms with Gasteiger partial charge >= 0.3 is 0 Å². The van der Waals surface area contributed by atoms with Gasteiger partial charge in [-0.3, -0.25) is 9.69 Å². The van der Waals surface area contributed by atoms with E-state index in [1.807, 2.05) is 23.1 Å². The molecule has 0 unspecified atom stereocenters. The van der Waals surface area contributed by atoms with Gasteiger partial charge in [0.15, 0.2) is 11.5 Å². The van der Waals surface area contributed by atoms with Gasteiger partial charge < -0.3 is 15.1 Å². The van der Waals surface area contributed by atoms with Crippen LogP contribution in [0.2, 0.25) is 0 Å². The molecule has 2 aromatic rings. The summed E-state index contributed by atoms with van der Waals surface area (Å²) in [5.74, 6) is -0.648. The number of carbonyl (C=O) groups excluding carboxylic acids is 1. The molecule has 4 rings (SSSR count). The number of phenolic OH excluding ortho intramolecular Hbond substituents is 2. The van der Waals surface area contributed by atoms with Crippen LogP contribution in [-0.2, 0) is 5.41 Å². The number of rotatable bonds is 3. The number of para-hydroxylation sites is 1. The minimum atomic E-state index is -0.277. The van der Waals surface area contributed by atoms with E-state index in [0.29, 0.717) is 12.1 Å². The van der Waals surface area contributed by atoms with Crippen LogP contribution in [-0.4, -0.2) is 47.2 Å². The Bertz CT molecular complexity index is 929. The van der Waals surface area contributed by atoms with Crippen LogP contribution in [0.5, 0.6) is 11.5 Å². The Labute approximate surface area is 165 Å². The van der Waals surface area contributed by atoms with Crippen molar-refractivity contribution in [1.29, 1.82) is 0 Å². The number of hydrogen-bond donors (Lipinski definition) is 2. The van der Waals surface area contributed by atoms with Crippen molar-refractivity contribution in [3.63, 3.8) is 0 Å². The van der Waals surface area contributed by atoms with E-state index < -0.39 is 0 Å². The topological polar surface area (TPSA) is 64.0 Å². The number of aromatic hydroxyl groups is 2. The molecule has 0 saturated carbocycles. The molecule has 5 nitrogen and oxygen atoms in total. The molecule has 1 amide bonds. The van der Waals surface area contributed by atoms with Crippen molar-refractivity contribution in [1.82, 2.24) is 4.90 Å². The van der Waals surface area contributed by atoms with Crippen LogP contribution in [0.3, 0.4) is 0 Å². The van der Waals surface area contributed by atoms with Gasteiger partial charge in [0.1, 0.15) is 0 Å². The van der Waals surface area contributed by atoms with Crippen molar-refractivity contribution in [3.8, 4) is 11.5 Å². The Morgan fingerprint density at radius 2 is 1.82 bits per heavy atom. The highest BCUT2D eigenvalue weighted by Crippen LogP contribution is 2.47. The molecule has 2 aliphatic rings. The van der Waals surface area contributed by atoms with Crippen LogP contribution in [0.25, 0.3) is 0 Å². The number of likely N-dealkylation sites (tertiary alicyclic amines) is 1. The van der Waals surface area contributed by atoms with Crippen LogP contribution in [0.1, 0.15) is 35.7 Å². The van der Waals surface area contributed by atoms with E-state index in [1.54, 1.807) is 6.07 Å². The summed E-state index contributed by atoms with van der Waals surface area (Å²) in [7, 11) is 0. The molecule has 5 heteroatoms. The number of benzene rings is 2. The summed E-state index contributed by atoms with van der Waals surface area (Å²) in [6, 6.07) is 12.4. The van der Waals surface area contributed by atoms with Crippen LogP contribution in [0, 0.1) is 0 Å². The first-order valence-corrected chi connectivity index (χ1v) is 9.70. The van der Waals surface area contributed by atoms with Crippen molar-refractivity contribution in [3.05, 3.63) is 65.7 Å². The SMILES string of the molecule is C=C(C)CN1CCC2(CC1)CN(C(=O)c1ccc(O)c(O)c1)c1ccccc12. The van der Waals surface area contributed by atoms with Gasteiger partial charge in [-0.2, -0.15) is 0 Å². The van der Waals surface area contributed by atoms with Crippen LogP contribution >= 0.6 is 0 Å². The van der Waals surface area contributed by atoms with Crippen molar-refractivity contribution >= 4 is 11.6 Å². The predicted octanol–water partition coefficient (Wildman–Crippen LogP) is 3.67. The molecular weight excluding hydrogens is 352 g/mol. The lowest BCUT2D eigenvalue weighted by molar-refractivity contribution is 0.0977. The maximum atomic E-state index is 13.2. The van der Waals surface area contributed by atoms with Gasteiger partial charge in [0.2, 0.25) is 0 Å². The minimum Gasteiger partial charge on any atom is -0.504 e. The highest BCUT2D eigenvalue weighted by Gasteiger charge is 2.46. The Hall–Kier alpha value is -2.79. The quantitative estimate of drug-likeness (QED) is 0.632. The van der Waals surface area contributed by atoms with E-state index >= 15 is 0 Å². The fraction of sp³-hybridized carbons (Fsp3) is 0.348. The van der Waals surface area contributed by atoms with E-state index in [1.165, 1.54) is 23.3 Å². The van der Waals surface area contributed by atoms with Gasteiger partial charge in [-0.05, 0) is 62.7 Å². The second-order valence-corrected chi connectivity index (χ2v) is 8.13. The Morgan fingerprint density at radius 3 is 2.50 bits per heavy atom. The third kappa shape index (κ3) is 3.16. The van der Waals surface area contributed by atoms with E-state index in [9.17, 15) is 15.0 Å². The second kappa shape index (κ2) is 6.99. The Morgan fingerprint density at radius 1 is 1.11 bits per heavy atom. The van der Waals surface area contributed by atoms with Crippen LogP contribution in [0.15, 0.2) is 54.6 Å². The van der Waals surface area contributed by atoms with Gasteiger partial charge in [0.05, 0.1) is 0 Å². The molecule has 0 aliphatic carbocycles. The third-order valence-electron chi connectivity index (χ3n) is 6.00. The van der Waals surface area contributed by atoms with E-state index in [4.69, 9.17) is 0 Å². The van der Waals surface area contributed by atoms with E-state index in [0.717, 1.165) is 38.2 Å². The van der Waals surface area contributed by atoms with Gasteiger partial charge in [-0.15, -0.1) is 0 Å². The van der Waals surface area contributed by atoms with Crippen molar-refractivity contribution in [2.75, 3.05) is 31.1 Å². The molecule has 2 aromatic carbocycles. The van der Waals surface area contributed by atoms with Crippen molar-refractivity contribution in [2.45, 2.75) is 25.2 Å². The van der Waals surface area contributed by atoms with Crippen LogP contribution in [0.4, 0.5) is 5.69 Å². The molecule has 0 bridgehead atoms. The minimum absolute atomic E-state index is 0.0310. The van der Waals surface area contributed by atoms with Gasteiger partial charge in [0, 0.05) is 29.8 Å². The molecule has 1 spiro atoms. The van der Waals surface area contributed by atoms with Gasteiger partial charge in [-0.1, -0.05) is 30.4 Å². The lowest BCUT2D eigenvalue weighted by atomic mass is 9.74. The first-order valence-electron chi connectivity index (χ1n) is 9.70. The summed E-state index contributed by atoms with van der Waals surface area (Å²) in [5, 5.41) is 19.3. The molecule has 0 atom stereocenters. The first-order chi connectivity index (χ1) is 13.4. The van der Waals surface area contributed by atoms with Gasteiger partial charge in [-0.25, -0.2) is 0 Å².